The average Bonchev–Trinajstić information content (AvgIpc) is 2.94. The van der Waals surface area contributed by atoms with Crippen LogP contribution in [0.4, 0.5) is 0 Å². The van der Waals surface area contributed by atoms with Gasteiger partial charge >= 0.3 is 0 Å². The van der Waals surface area contributed by atoms with Crippen molar-refractivity contribution >= 4 is 16.5 Å². The first kappa shape index (κ1) is 16.6. The van der Waals surface area contributed by atoms with Gasteiger partial charge in [-0.2, -0.15) is 0 Å². The zero-order valence-corrected chi connectivity index (χ0v) is 14.8. The zero-order valence-electron chi connectivity index (χ0n) is 14.8. The third-order valence-corrected chi connectivity index (χ3v) is 5.69. The van der Waals surface area contributed by atoms with E-state index in [2.05, 4.69) is 54.5 Å². The van der Waals surface area contributed by atoms with Crippen molar-refractivity contribution in [2.24, 2.45) is 11.1 Å². The lowest BCUT2D eigenvalue weighted by Crippen LogP contribution is -2.42. The maximum atomic E-state index is 10.5. The topological polar surface area (TPSA) is 51.0 Å². The Labute approximate surface area is 148 Å². The summed E-state index contributed by atoms with van der Waals surface area (Å²) < 4.78 is 6.10. The molecule has 2 fully saturated rings. The van der Waals surface area contributed by atoms with Crippen LogP contribution in [0.15, 0.2) is 47.6 Å². The number of aliphatic hydroxyl groups excluding tert-OH is 1. The lowest BCUT2D eigenvalue weighted by Gasteiger charge is -2.38. The van der Waals surface area contributed by atoms with E-state index in [1.54, 1.807) is 7.11 Å². The molecule has 1 N–H and O–H groups in total. The molecule has 2 bridgehead atoms. The van der Waals surface area contributed by atoms with Crippen molar-refractivity contribution in [2.75, 3.05) is 7.11 Å². The largest absolute Gasteiger partial charge is 0.399 e. The van der Waals surface area contributed by atoms with Crippen LogP contribution in [-0.2, 0) is 9.57 Å². The summed E-state index contributed by atoms with van der Waals surface area (Å²) in [6, 6.07) is 15.1. The normalized spacial score (nSPS) is 32.1. The number of nitrogens with zero attached hydrogens (tertiary/aromatic N) is 1. The summed E-state index contributed by atoms with van der Waals surface area (Å²) in [6.45, 7) is 2.09. The zero-order chi connectivity index (χ0) is 17.4. The van der Waals surface area contributed by atoms with Crippen LogP contribution in [0.2, 0.25) is 0 Å². The molecule has 4 nitrogen and oxygen atoms in total. The van der Waals surface area contributed by atoms with Crippen molar-refractivity contribution in [1.29, 1.82) is 0 Å². The third-order valence-electron chi connectivity index (χ3n) is 5.69. The predicted molar refractivity (Wildman–Crippen MR) is 98.8 cm³/mol. The summed E-state index contributed by atoms with van der Waals surface area (Å²) in [4.78, 5) is 5.09. The molecule has 0 aliphatic carbocycles. The minimum absolute atomic E-state index is 0.0554. The number of hydrogen-bond donors (Lipinski definition) is 1. The molecule has 2 heterocycles. The molecular formula is C21H25NO3. The molecule has 2 aromatic carbocycles. The van der Waals surface area contributed by atoms with Crippen molar-refractivity contribution in [3.63, 3.8) is 0 Å². The monoisotopic (exact) mass is 339 g/mol. The predicted octanol–water partition coefficient (Wildman–Crippen LogP) is 3.87. The minimum Gasteiger partial charge on any atom is -0.399 e. The molecule has 0 spiro atoms. The first-order chi connectivity index (χ1) is 12.2. The maximum Gasteiger partial charge on any atom is 0.106 e. The summed E-state index contributed by atoms with van der Waals surface area (Å²) in [7, 11) is 1.58. The van der Waals surface area contributed by atoms with E-state index in [0.29, 0.717) is 5.92 Å². The van der Waals surface area contributed by atoms with Crippen molar-refractivity contribution in [3.05, 3.63) is 48.0 Å². The second kappa shape index (κ2) is 6.77. The Balaban J connectivity index is 1.77. The Kier molecular flexibility index (Phi) is 4.48. The molecule has 0 amide bonds. The summed E-state index contributed by atoms with van der Waals surface area (Å²) in [6.07, 6.45) is 1.94. The van der Waals surface area contributed by atoms with E-state index in [9.17, 15) is 5.11 Å². The van der Waals surface area contributed by atoms with Gasteiger partial charge in [0, 0.05) is 12.3 Å². The van der Waals surface area contributed by atoms with E-state index in [0.717, 1.165) is 25.0 Å². The highest BCUT2D eigenvalue weighted by molar-refractivity contribution is 5.88. The summed E-state index contributed by atoms with van der Waals surface area (Å²) >= 11 is 0. The van der Waals surface area contributed by atoms with Crippen LogP contribution in [0, 0.1) is 5.92 Å². The number of ether oxygens (including phenoxy) is 1. The van der Waals surface area contributed by atoms with Gasteiger partial charge in [-0.25, -0.2) is 0 Å². The van der Waals surface area contributed by atoms with Crippen LogP contribution in [-0.4, -0.2) is 36.2 Å². The van der Waals surface area contributed by atoms with Gasteiger partial charge in [0.15, 0.2) is 0 Å². The van der Waals surface area contributed by atoms with Crippen molar-refractivity contribution in [3.8, 4) is 0 Å². The van der Waals surface area contributed by atoms with Crippen LogP contribution in [0.1, 0.15) is 37.7 Å². The number of benzene rings is 2. The SMILES string of the molecule is CCC(=NOC)[C@H]1[C@H](c2ccc3ccccc3c2)CC2CC(O)[C@@H]1O2. The Morgan fingerprint density at radius 1 is 1.20 bits per heavy atom. The number of rotatable bonds is 4. The number of fused-ring (bicyclic) bond motifs is 3. The molecule has 0 saturated carbocycles. The van der Waals surface area contributed by atoms with Gasteiger partial charge in [0.25, 0.3) is 0 Å². The molecule has 4 rings (SSSR count). The van der Waals surface area contributed by atoms with E-state index >= 15 is 0 Å². The van der Waals surface area contributed by atoms with Crippen LogP contribution < -0.4 is 0 Å². The third kappa shape index (κ3) is 2.94. The Bertz CT molecular complexity index is 788. The van der Waals surface area contributed by atoms with Crippen molar-refractivity contribution in [2.45, 2.75) is 50.4 Å². The smallest absolute Gasteiger partial charge is 0.106 e. The standard InChI is InChI=1S/C21H25NO3/c1-3-18(22-24-2)20-17(11-16-12-19(23)21(20)25-16)15-9-8-13-6-4-5-7-14(13)10-15/h4-10,16-17,19-21,23H,3,11-12H2,1-2H3/t16?,17-,19?,20+,21-/m0/s1. The second-order valence-corrected chi connectivity index (χ2v) is 7.12. The molecule has 2 unspecified atom stereocenters. The van der Waals surface area contributed by atoms with Gasteiger partial charge in [0.05, 0.1) is 24.0 Å². The van der Waals surface area contributed by atoms with E-state index < -0.39 is 6.10 Å². The summed E-state index contributed by atoms with van der Waals surface area (Å²) in [5.41, 5.74) is 2.28. The van der Waals surface area contributed by atoms with Crippen LogP contribution in [0.25, 0.3) is 10.8 Å². The fraction of sp³-hybridized carbons (Fsp3) is 0.476. The summed E-state index contributed by atoms with van der Waals surface area (Å²) in [5.74, 6) is 0.346. The van der Waals surface area contributed by atoms with Gasteiger partial charge in [0.2, 0.25) is 0 Å². The lowest BCUT2D eigenvalue weighted by molar-refractivity contribution is -0.0509. The number of hydrogen-bond acceptors (Lipinski definition) is 4. The maximum absolute atomic E-state index is 10.5. The van der Waals surface area contributed by atoms with E-state index in [-0.39, 0.29) is 18.1 Å². The molecule has 2 aliphatic heterocycles. The molecule has 132 valence electrons. The molecule has 5 atom stereocenters. The number of aliphatic hydroxyl groups is 1. The van der Waals surface area contributed by atoms with Gasteiger partial charge in [-0.1, -0.05) is 54.5 Å². The Morgan fingerprint density at radius 2 is 2.00 bits per heavy atom. The lowest BCUT2D eigenvalue weighted by atomic mass is 9.75. The highest BCUT2D eigenvalue weighted by Gasteiger charge is 2.50. The molecule has 2 aliphatic rings. The van der Waals surface area contributed by atoms with E-state index in [4.69, 9.17) is 9.57 Å². The van der Waals surface area contributed by atoms with Crippen molar-refractivity contribution in [1.82, 2.24) is 0 Å². The fourth-order valence-corrected chi connectivity index (χ4v) is 4.59. The molecular weight excluding hydrogens is 314 g/mol. The Hall–Kier alpha value is -1.91. The van der Waals surface area contributed by atoms with Gasteiger partial charge in [0.1, 0.15) is 7.11 Å². The highest BCUT2D eigenvalue weighted by atomic mass is 16.6. The molecule has 2 aromatic rings. The van der Waals surface area contributed by atoms with Gasteiger partial charge in [-0.05, 0) is 35.1 Å². The minimum atomic E-state index is -0.422. The molecule has 25 heavy (non-hydrogen) atoms. The molecule has 0 aromatic heterocycles. The average molecular weight is 339 g/mol. The van der Waals surface area contributed by atoms with Crippen LogP contribution >= 0.6 is 0 Å². The molecule has 0 radical (unpaired) electrons. The second-order valence-electron chi connectivity index (χ2n) is 7.12. The summed E-state index contributed by atoms with van der Waals surface area (Å²) in [5, 5.41) is 17.3. The van der Waals surface area contributed by atoms with Crippen molar-refractivity contribution < 1.29 is 14.7 Å². The van der Waals surface area contributed by atoms with Gasteiger partial charge < -0.3 is 14.7 Å². The Morgan fingerprint density at radius 3 is 2.76 bits per heavy atom. The van der Waals surface area contributed by atoms with E-state index in [1.807, 2.05) is 0 Å². The highest BCUT2D eigenvalue weighted by Crippen LogP contribution is 2.46. The number of oxime groups is 1. The first-order valence-electron chi connectivity index (χ1n) is 9.13. The molecule has 4 heteroatoms. The molecule has 2 saturated heterocycles. The van der Waals surface area contributed by atoms with Gasteiger partial charge in [-0.3, -0.25) is 0 Å². The van der Waals surface area contributed by atoms with Crippen LogP contribution in [0.3, 0.4) is 0 Å². The first-order valence-corrected chi connectivity index (χ1v) is 9.13. The van der Waals surface area contributed by atoms with E-state index in [1.165, 1.54) is 16.3 Å². The van der Waals surface area contributed by atoms with Gasteiger partial charge in [-0.15, -0.1) is 0 Å². The fourth-order valence-electron chi connectivity index (χ4n) is 4.59. The van der Waals surface area contributed by atoms with Crippen LogP contribution in [0.5, 0.6) is 0 Å². The quantitative estimate of drug-likeness (QED) is 0.679.